The minimum atomic E-state index is -0.761. The van der Waals surface area contributed by atoms with Crippen LogP contribution in [0.4, 0.5) is 11.4 Å². The first kappa shape index (κ1) is 20.7. The van der Waals surface area contributed by atoms with E-state index in [0.29, 0.717) is 17.5 Å². The van der Waals surface area contributed by atoms with Crippen molar-refractivity contribution in [2.45, 2.75) is 39.2 Å². The van der Waals surface area contributed by atoms with Gasteiger partial charge in [-0.2, -0.15) is 0 Å². The van der Waals surface area contributed by atoms with E-state index in [0.717, 1.165) is 19.3 Å². The number of anilines is 1. The zero-order valence-corrected chi connectivity index (χ0v) is 16.2. The molecule has 0 radical (unpaired) electrons. The monoisotopic (exact) mass is 377 g/mol. The number of benzene rings is 1. The molecule has 1 aromatic carbocycles. The topological polar surface area (TPSA) is 102 Å². The second-order valence-corrected chi connectivity index (χ2v) is 7.37. The Hall–Kier alpha value is -2.64. The van der Waals surface area contributed by atoms with Gasteiger partial charge < -0.3 is 15.0 Å². The van der Waals surface area contributed by atoms with E-state index in [9.17, 15) is 19.7 Å². The molecule has 0 aliphatic heterocycles. The Balaban J connectivity index is 2.01. The van der Waals surface area contributed by atoms with Crippen molar-refractivity contribution in [2.24, 2.45) is 11.8 Å². The highest BCUT2D eigenvalue weighted by molar-refractivity contribution is 5.97. The number of ether oxygens (including phenoxy) is 1. The maximum Gasteiger partial charge on any atom is 0.341 e. The molecule has 1 fully saturated rings. The number of nitro groups is 1. The van der Waals surface area contributed by atoms with E-state index in [1.54, 1.807) is 19.0 Å². The minimum absolute atomic E-state index is 0.0571. The summed E-state index contributed by atoms with van der Waals surface area (Å²) in [6.07, 6.45) is 3.14. The second kappa shape index (κ2) is 8.83. The zero-order chi connectivity index (χ0) is 20.1. The van der Waals surface area contributed by atoms with Crippen LogP contribution in [0.15, 0.2) is 18.2 Å². The van der Waals surface area contributed by atoms with Gasteiger partial charge in [-0.05, 0) is 24.3 Å². The number of nitrogens with one attached hydrogen (secondary N) is 1. The molecule has 3 atom stereocenters. The van der Waals surface area contributed by atoms with Crippen molar-refractivity contribution in [3.63, 3.8) is 0 Å². The molecule has 2 rings (SSSR count). The largest absolute Gasteiger partial charge is 0.452 e. The normalized spacial score (nSPS) is 22.0. The third-order valence-corrected chi connectivity index (χ3v) is 5.28. The predicted octanol–water partition coefficient (Wildman–Crippen LogP) is 2.76. The van der Waals surface area contributed by atoms with Crippen molar-refractivity contribution in [1.82, 2.24) is 5.32 Å². The average molecular weight is 377 g/mol. The molecule has 1 amide bonds. The highest BCUT2D eigenvalue weighted by Crippen LogP contribution is 2.29. The summed E-state index contributed by atoms with van der Waals surface area (Å²) in [7, 11) is 3.44. The standard InChI is InChI=1S/C19H27N3O5/c1-12-6-5-7-16(13(12)2)20-18(23)11-27-19(24)15-10-14(22(25)26)8-9-17(15)21(3)4/h8-10,12-13,16H,5-7,11H2,1-4H3,(H,20,23)/t12-,13-,16-/m1/s1. The summed E-state index contributed by atoms with van der Waals surface area (Å²) in [6, 6.07) is 4.06. The number of nitro benzene ring substituents is 1. The third kappa shape index (κ3) is 5.18. The molecule has 1 N–H and O–H groups in total. The summed E-state index contributed by atoms with van der Waals surface area (Å²) >= 11 is 0. The Kier molecular flexibility index (Phi) is 6.76. The first-order chi connectivity index (χ1) is 12.7. The van der Waals surface area contributed by atoms with E-state index in [4.69, 9.17) is 4.74 Å². The van der Waals surface area contributed by atoms with Crippen LogP contribution in [0.1, 0.15) is 43.5 Å². The molecule has 0 spiro atoms. The van der Waals surface area contributed by atoms with Gasteiger partial charge in [0, 0.05) is 32.3 Å². The zero-order valence-electron chi connectivity index (χ0n) is 16.2. The van der Waals surface area contributed by atoms with Gasteiger partial charge in [-0.25, -0.2) is 4.79 Å². The Morgan fingerprint density at radius 2 is 2.00 bits per heavy atom. The van der Waals surface area contributed by atoms with Crippen molar-refractivity contribution >= 4 is 23.3 Å². The van der Waals surface area contributed by atoms with Crippen molar-refractivity contribution in [3.8, 4) is 0 Å². The van der Waals surface area contributed by atoms with Gasteiger partial charge in [-0.3, -0.25) is 14.9 Å². The molecule has 1 aliphatic rings. The summed E-state index contributed by atoms with van der Waals surface area (Å²) in [6.45, 7) is 3.88. The smallest absolute Gasteiger partial charge is 0.341 e. The number of non-ortho nitro benzene ring substituents is 1. The third-order valence-electron chi connectivity index (χ3n) is 5.28. The lowest BCUT2D eigenvalue weighted by Crippen LogP contribution is -2.45. The van der Waals surface area contributed by atoms with Crippen molar-refractivity contribution in [1.29, 1.82) is 0 Å². The van der Waals surface area contributed by atoms with E-state index >= 15 is 0 Å². The molecule has 1 saturated carbocycles. The van der Waals surface area contributed by atoms with E-state index < -0.39 is 17.5 Å². The molecule has 148 valence electrons. The van der Waals surface area contributed by atoms with Gasteiger partial charge in [-0.1, -0.05) is 26.7 Å². The lowest BCUT2D eigenvalue weighted by atomic mass is 9.78. The highest BCUT2D eigenvalue weighted by atomic mass is 16.6. The number of esters is 1. The predicted molar refractivity (Wildman–Crippen MR) is 102 cm³/mol. The van der Waals surface area contributed by atoms with Crippen LogP contribution < -0.4 is 10.2 Å². The van der Waals surface area contributed by atoms with Crippen molar-refractivity contribution in [2.75, 3.05) is 25.6 Å². The average Bonchev–Trinajstić information content (AvgIpc) is 2.62. The number of amides is 1. The number of carbonyl (C=O) groups excluding carboxylic acids is 2. The van der Waals surface area contributed by atoms with E-state index in [-0.39, 0.29) is 23.2 Å². The van der Waals surface area contributed by atoms with Crippen LogP contribution in [0.25, 0.3) is 0 Å². The first-order valence-electron chi connectivity index (χ1n) is 9.13. The lowest BCUT2D eigenvalue weighted by Gasteiger charge is -2.34. The van der Waals surface area contributed by atoms with Crippen LogP contribution in [0.5, 0.6) is 0 Å². The van der Waals surface area contributed by atoms with Gasteiger partial charge in [0.25, 0.3) is 11.6 Å². The molecule has 8 heteroatoms. The van der Waals surface area contributed by atoms with E-state index in [1.807, 2.05) is 0 Å². The van der Waals surface area contributed by atoms with Crippen molar-refractivity contribution in [3.05, 3.63) is 33.9 Å². The molecular weight excluding hydrogens is 350 g/mol. The summed E-state index contributed by atoms with van der Waals surface area (Å²) in [5.74, 6) is -0.205. The van der Waals surface area contributed by atoms with Gasteiger partial charge in [0.2, 0.25) is 0 Å². The van der Waals surface area contributed by atoms with E-state index in [2.05, 4.69) is 19.2 Å². The minimum Gasteiger partial charge on any atom is -0.452 e. The summed E-state index contributed by atoms with van der Waals surface area (Å²) < 4.78 is 5.12. The Morgan fingerprint density at radius 3 is 2.63 bits per heavy atom. The molecular formula is C19H27N3O5. The van der Waals surface area contributed by atoms with Gasteiger partial charge >= 0.3 is 5.97 Å². The number of hydrogen-bond acceptors (Lipinski definition) is 6. The van der Waals surface area contributed by atoms with Crippen LogP contribution in [0.3, 0.4) is 0 Å². The van der Waals surface area contributed by atoms with Gasteiger partial charge in [0.1, 0.15) is 0 Å². The summed E-state index contributed by atoms with van der Waals surface area (Å²) in [4.78, 5) is 36.7. The van der Waals surface area contributed by atoms with E-state index in [1.165, 1.54) is 18.2 Å². The first-order valence-corrected chi connectivity index (χ1v) is 9.13. The molecule has 1 aliphatic carbocycles. The maximum atomic E-state index is 12.4. The number of rotatable bonds is 6. The molecule has 0 saturated heterocycles. The number of carbonyl (C=O) groups is 2. The van der Waals surface area contributed by atoms with Crippen LogP contribution in [-0.2, 0) is 9.53 Å². The van der Waals surface area contributed by atoms with Gasteiger partial charge in [0.05, 0.1) is 16.2 Å². The van der Waals surface area contributed by atoms with Crippen LogP contribution in [-0.4, -0.2) is 43.5 Å². The molecule has 0 heterocycles. The molecule has 1 aromatic rings. The molecule has 0 unspecified atom stereocenters. The summed E-state index contributed by atoms with van der Waals surface area (Å²) in [5, 5.41) is 13.9. The molecule has 8 nitrogen and oxygen atoms in total. The highest BCUT2D eigenvalue weighted by Gasteiger charge is 2.28. The molecule has 0 aromatic heterocycles. The van der Waals surface area contributed by atoms with Crippen LogP contribution in [0.2, 0.25) is 0 Å². The number of nitrogens with zero attached hydrogens (tertiary/aromatic N) is 2. The SMILES string of the molecule is C[C@@H]1[C@H](C)CCC[C@H]1NC(=O)COC(=O)c1cc([N+](=O)[O-])ccc1N(C)C. The number of hydrogen-bond donors (Lipinski definition) is 1. The fourth-order valence-corrected chi connectivity index (χ4v) is 3.43. The van der Waals surface area contributed by atoms with Crippen LogP contribution in [0, 0.1) is 22.0 Å². The van der Waals surface area contributed by atoms with Crippen molar-refractivity contribution < 1.29 is 19.2 Å². The fourth-order valence-electron chi connectivity index (χ4n) is 3.43. The van der Waals surface area contributed by atoms with Crippen LogP contribution >= 0.6 is 0 Å². The summed E-state index contributed by atoms with van der Waals surface area (Å²) in [5.41, 5.74) is 0.337. The quantitative estimate of drug-likeness (QED) is 0.465. The second-order valence-electron chi connectivity index (χ2n) is 7.37. The Labute approximate surface area is 159 Å². The molecule has 27 heavy (non-hydrogen) atoms. The molecule has 0 bridgehead atoms. The lowest BCUT2D eigenvalue weighted by molar-refractivity contribution is -0.384. The fraction of sp³-hybridized carbons (Fsp3) is 0.579. The van der Waals surface area contributed by atoms with Gasteiger partial charge in [0.15, 0.2) is 6.61 Å². The van der Waals surface area contributed by atoms with Gasteiger partial charge in [-0.15, -0.1) is 0 Å². The Morgan fingerprint density at radius 1 is 1.30 bits per heavy atom. The maximum absolute atomic E-state index is 12.4. The Bertz CT molecular complexity index is 719.